The molecule has 2 N–H and O–H groups in total. The van der Waals surface area contributed by atoms with Crippen molar-refractivity contribution in [2.75, 3.05) is 13.2 Å². The molecular weight excluding hydrogens is 246 g/mol. The standard InChI is InChI=1S/C14H17NO4/c1-14(6-7-19-9-14)15-12(16)8-10-2-4-11(5-3-10)13(17)18/h2-5H,6-9H2,1H3,(H,15,16)(H,17,18). The van der Waals surface area contributed by atoms with Gasteiger partial charge < -0.3 is 15.2 Å². The molecule has 1 atom stereocenters. The molecule has 5 heteroatoms. The molecule has 1 heterocycles. The van der Waals surface area contributed by atoms with E-state index in [0.717, 1.165) is 12.0 Å². The highest BCUT2D eigenvalue weighted by molar-refractivity contribution is 5.87. The number of carbonyl (C=O) groups is 2. The first-order valence-corrected chi connectivity index (χ1v) is 6.19. The van der Waals surface area contributed by atoms with Crippen LogP contribution < -0.4 is 5.32 Å². The van der Waals surface area contributed by atoms with Crippen molar-refractivity contribution in [3.05, 3.63) is 35.4 Å². The number of nitrogens with one attached hydrogen (secondary N) is 1. The first-order chi connectivity index (χ1) is 8.98. The van der Waals surface area contributed by atoms with Gasteiger partial charge in [0, 0.05) is 6.61 Å². The van der Waals surface area contributed by atoms with Gasteiger partial charge in [-0.3, -0.25) is 4.79 Å². The molecule has 0 spiro atoms. The third kappa shape index (κ3) is 3.54. The van der Waals surface area contributed by atoms with Crippen molar-refractivity contribution < 1.29 is 19.4 Å². The van der Waals surface area contributed by atoms with Gasteiger partial charge in [-0.15, -0.1) is 0 Å². The summed E-state index contributed by atoms with van der Waals surface area (Å²) in [6.45, 7) is 3.17. The minimum Gasteiger partial charge on any atom is -0.478 e. The van der Waals surface area contributed by atoms with Crippen LogP contribution in [0.25, 0.3) is 0 Å². The second kappa shape index (κ2) is 5.40. The fraction of sp³-hybridized carbons (Fsp3) is 0.429. The van der Waals surface area contributed by atoms with Crippen LogP contribution in [-0.4, -0.2) is 35.7 Å². The number of hydrogen-bond donors (Lipinski definition) is 2. The first-order valence-electron chi connectivity index (χ1n) is 6.19. The van der Waals surface area contributed by atoms with Gasteiger partial charge in [0.1, 0.15) is 0 Å². The van der Waals surface area contributed by atoms with E-state index in [1.165, 1.54) is 12.1 Å². The molecule has 1 aromatic carbocycles. The summed E-state index contributed by atoms with van der Waals surface area (Å²) in [5.74, 6) is -1.04. The van der Waals surface area contributed by atoms with Crippen molar-refractivity contribution in [2.45, 2.75) is 25.3 Å². The van der Waals surface area contributed by atoms with E-state index >= 15 is 0 Å². The zero-order chi connectivity index (χ0) is 13.9. The van der Waals surface area contributed by atoms with E-state index in [9.17, 15) is 9.59 Å². The summed E-state index contributed by atoms with van der Waals surface area (Å²) >= 11 is 0. The molecule has 0 radical (unpaired) electrons. The van der Waals surface area contributed by atoms with Gasteiger partial charge in [-0.25, -0.2) is 4.79 Å². The molecule has 0 bridgehead atoms. The monoisotopic (exact) mass is 263 g/mol. The van der Waals surface area contributed by atoms with Gasteiger partial charge in [-0.05, 0) is 31.0 Å². The van der Waals surface area contributed by atoms with Gasteiger partial charge in [0.15, 0.2) is 0 Å². The van der Waals surface area contributed by atoms with Crippen LogP contribution in [0, 0.1) is 0 Å². The molecule has 1 fully saturated rings. The molecule has 1 amide bonds. The molecule has 19 heavy (non-hydrogen) atoms. The van der Waals surface area contributed by atoms with E-state index in [2.05, 4.69) is 5.32 Å². The molecule has 1 aromatic rings. The number of ether oxygens (including phenoxy) is 1. The zero-order valence-electron chi connectivity index (χ0n) is 10.8. The van der Waals surface area contributed by atoms with Crippen LogP contribution in [0.2, 0.25) is 0 Å². The first kappa shape index (κ1) is 13.5. The number of amides is 1. The SMILES string of the molecule is CC1(NC(=O)Cc2ccc(C(=O)O)cc2)CCOC1. The van der Waals surface area contributed by atoms with Crippen molar-refractivity contribution in [1.29, 1.82) is 0 Å². The summed E-state index contributed by atoms with van der Waals surface area (Å²) in [7, 11) is 0. The molecular formula is C14H17NO4. The van der Waals surface area contributed by atoms with Crippen LogP contribution in [0.5, 0.6) is 0 Å². The zero-order valence-corrected chi connectivity index (χ0v) is 10.8. The predicted molar refractivity (Wildman–Crippen MR) is 69.1 cm³/mol. The third-order valence-corrected chi connectivity index (χ3v) is 3.23. The normalized spacial score (nSPS) is 22.2. The van der Waals surface area contributed by atoms with Crippen molar-refractivity contribution in [3.63, 3.8) is 0 Å². The maximum atomic E-state index is 11.9. The van der Waals surface area contributed by atoms with Crippen molar-refractivity contribution in [1.82, 2.24) is 5.32 Å². The molecule has 1 saturated heterocycles. The third-order valence-electron chi connectivity index (χ3n) is 3.23. The van der Waals surface area contributed by atoms with Crippen LogP contribution in [0.15, 0.2) is 24.3 Å². The quantitative estimate of drug-likeness (QED) is 0.856. The number of rotatable bonds is 4. The van der Waals surface area contributed by atoms with E-state index in [1.807, 2.05) is 6.92 Å². The average Bonchev–Trinajstić information content (AvgIpc) is 2.76. The van der Waals surface area contributed by atoms with Gasteiger partial charge >= 0.3 is 5.97 Å². The minimum atomic E-state index is -0.966. The number of carboxylic acids is 1. The highest BCUT2D eigenvalue weighted by atomic mass is 16.5. The van der Waals surface area contributed by atoms with Crippen LogP contribution in [-0.2, 0) is 16.0 Å². The Hall–Kier alpha value is -1.88. The van der Waals surface area contributed by atoms with Gasteiger partial charge in [-0.1, -0.05) is 12.1 Å². The predicted octanol–water partition coefficient (Wildman–Crippen LogP) is 1.22. The topological polar surface area (TPSA) is 75.6 Å². The lowest BCUT2D eigenvalue weighted by Gasteiger charge is -2.23. The maximum Gasteiger partial charge on any atom is 0.335 e. The van der Waals surface area contributed by atoms with E-state index in [1.54, 1.807) is 12.1 Å². The molecule has 1 unspecified atom stereocenters. The molecule has 5 nitrogen and oxygen atoms in total. The highest BCUT2D eigenvalue weighted by Gasteiger charge is 2.30. The Morgan fingerprint density at radius 2 is 2.05 bits per heavy atom. The maximum absolute atomic E-state index is 11.9. The summed E-state index contributed by atoms with van der Waals surface area (Å²) in [4.78, 5) is 22.6. The molecule has 0 saturated carbocycles. The minimum absolute atomic E-state index is 0.0731. The lowest BCUT2D eigenvalue weighted by Crippen LogP contribution is -2.47. The van der Waals surface area contributed by atoms with Crippen LogP contribution in [0.1, 0.15) is 29.3 Å². The summed E-state index contributed by atoms with van der Waals surface area (Å²) in [6.07, 6.45) is 1.06. The van der Waals surface area contributed by atoms with Crippen molar-refractivity contribution >= 4 is 11.9 Å². The van der Waals surface area contributed by atoms with E-state index < -0.39 is 5.97 Å². The van der Waals surface area contributed by atoms with Gasteiger partial charge in [0.05, 0.1) is 24.1 Å². The molecule has 1 aliphatic heterocycles. The van der Waals surface area contributed by atoms with Gasteiger partial charge in [0.2, 0.25) is 5.91 Å². The van der Waals surface area contributed by atoms with Gasteiger partial charge in [-0.2, -0.15) is 0 Å². The smallest absolute Gasteiger partial charge is 0.335 e. The molecule has 2 rings (SSSR count). The number of carboxylic acid groups (broad SMARTS) is 1. The number of carbonyl (C=O) groups excluding carboxylic acids is 1. The second-order valence-electron chi connectivity index (χ2n) is 5.09. The largest absolute Gasteiger partial charge is 0.478 e. The summed E-state index contributed by atoms with van der Waals surface area (Å²) < 4.78 is 5.27. The Labute approximate surface area is 111 Å². The Balaban J connectivity index is 1.93. The Bertz CT molecular complexity index is 475. The number of hydrogen-bond acceptors (Lipinski definition) is 3. The fourth-order valence-corrected chi connectivity index (χ4v) is 2.10. The summed E-state index contributed by atoms with van der Waals surface area (Å²) in [5.41, 5.74) is 0.739. The highest BCUT2D eigenvalue weighted by Crippen LogP contribution is 2.17. The van der Waals surface area contributed by atoms with Crippen LogP contribution in [0.3, 0.4) is 0 Å². The molecule has 1 aliphatic rings. The Morgan fingerprint density at radius 3 is 2.58 bits per heavy atom. The van der Waals surface area contributed by atoms with Crippen molar-refractivity contribution in [2.24, 2.45) is 0 Å². The summed E-state index contributed by atoms with van der Waals surface area (Å²) in [5, 5.41) is 11.7. The van der Waals surface area contributed by atoms with Crippen LogP contribution in [0.4, 0.5) is 0 Å². The fourth-order valence-electron chi connectivity index (χ4n) is 2.10. The van der Waals surface area contributed by atoms with Crippen molar-refractivity contribution in [3.8, 4) is 0 Å². The lowest BCUT2D eigenvalue weighted by atomic mass is 10.0. The molecule has 0 aromatic heterocycles. The Kier molecular flexibility index (Phi) is 3.85. The molecule has 102 valence electrons. The molecule has 0 aliphatic carbocycles. The van der Waals surface area contributed by atoms with E-state index in [4.69, 9.17) is 9.84 Å². The lowest BCUT2D eigenvalue weighted by molar-refractivity contribution is -0.122. The number of aromatic carboxylic acids is 1. The average molecular weight is 263 g/mol. The van der Waals surface area contributed by atoms with Gasteiger partial charge in [0.25, 0.3) is 0 Å². The Morgan fingerprint density at radius 1 is 1.37 bits per heavy atom. The van der Waals surface area contributed by atoms with Crippen LogP contribution >= 0.6 is 0 Å². The second-order valence-corrected chi connectivity index (χ2v) is 5.09. The van der Waals surface area contributed by atoms with E-state index in [0.29, 0.717) is 13.2 Å². The summed E-state index contributed by atoms with van der Waals surface area (Å²) in [6, 6.07) is 6.34. The number of benzene rings is 1. The van der Waals surface area contributed by atoms with E-state index in [-0.39, 0.29) is 23.4 Å².